The number of carbonyl (C=O) groups is 1. The second kappa shape index (κ2) is 8.20. The Morgan fingerprint density at radius 3 is 2.81 bits per heavy atom. The van der Waals surface area contributed by atoms with Crippen molar-refractivity contribution in [3.63, 3.8) is 0 Å². The molecule has 3 N–H and O–H groups in total. The first kappa shape index (κ1) is 16.1. The van der Waals surface area contributed by atoms with E-state index in [2.05, 4.69) is 18.5 Å². The average molecular weight is 267 g/mol. The minimum Gasteiger partial charge on any atom is -0.353 e. The van der Waals surface area contributed by atoms with E-state index in [9.17, 15) is 4.79 Å². The summed E-state index contributed by atoms with van der Waals surface area (Å²) in [4.78, 5) is 11.9. The lowest BCUT2D eigenvalue weighted by molar-refractivity contribution is -0.126. The fourth-order valence-corrected chi connectivity index (χ4v) is 2.89. The van der Waals surface area contributed by atoms with E-state index >= 15 is 0 Å². The van der Waals surface area contributed by atoms with E-state index in [0.717, 1.165) is 25.0 Å². The third-order valence-corrected chi connectivity index (χ3v) is 3.94. The van der Waals surface area contributed by atoms with E-state index in [0.29, 0.717) is 12.5 Å². The molecule has 0 spiro atoms. The first-order chi connectivity index (χ1) is 7.19. The molecular weight excluding hydrogens is 244 g/mol. The summed E-state index contributed by atoms with van der Waals surface area (Å²) in [6.45, 7) is 2.70. The Labute approximate surface area is 109 Å². The highest BCUT2D eigenvalue weighted by Crippen LogP contribution is 2.31. The summed E-state index contributed by atoms with van der Waals surface area (Å²) in [5, 5.41) is 3.07. The van der Waals surface area contributed by atoms with Gasteiger partial charge in [-0.2, -0.15) is 11.8 Å². The quantitative estimate of drug-likeness (QED) is 0.796. The molecule has 3 atom stereocenters. The van der Waals surface area contributed by atoms with Gasteiger partial charge < -0.3 is 11.1 Å². The van der Waals surface area contributed by atoms with Crippen LogP contribution in [0.4, 0.5) is 0 Å². The summed E-state index contributed by atoms with van der Waals surface area (Å²) in [6, 6.07) is 0.270. The maximum absolute atomic E-state index is 11.9. The first-order valence-corrected chi connectivity index (χ1v) is 7.07. The molecule has 0 aromatic rings. The zero-order chi connectivity index (χ0) is 11.3. The number of hydrogen-bond acceptors (Lipinski definition) is 3. The van der Waals surface area contributed by atoms with E-state index in [1.807, 2.05) is 0 Å². The highest BCUT2D eigenvalue weighted by Gasteiger charge is 2.32. The van der Waals surface area contributed by atoms with Gasteiger partial charge in [-0.15, -0.1) is 12.4 Å². The Morgan fingerprint density at radius 2 is 2.25 bits per heavy atom. The van der Waals surface area contributed by atoms with Crippen LogP contribution in [0.3, 0.4) is 0 Å². The molecule has 0 aromatic heterocycles. The number of hydrogen-bond donors (Lipinski definition) is 2. The van der Waals surface area contributed by atoms with Crippen molar-refractivity contribution < 1.29 is 4.79 Å². The van der Waals surface area contributed by atoms with Crippen LogP contribution in [0.2, 0.25) is 0 Å². The van der Waals surface area contributed by atoms with Gasteiger partial charge in [0.05, 0.1) is 0 Å². The number of halogens is 1. The van der Waals surface area contributed by atoms with Crippen LogP contribution in [0, 0.1) is 11.8 Å². The number of nitrogens with one attached hydrogen (secondary N) is 1. The minimum absolute atomic E-state index is 0. The van der Waals surface area contributed by atoms with Gasteiger partial charge in [0.25, 0.3) is 0 Å². The molecule has 16 heavy (non-hydrogen) atoms. The molecule has 1 saturated carbocycles. The molecule has 1 amide bonds. The molecule has 0 bridgehead atoms. The predicted molar refractivity (Wildman–Crippen MR) is 73.1 cm³/mol. The Bertz CT molecular complexity index is 216. The lowest BCUT2D eigenvalue weighted by Crippen LogP contribution is -2.40. The zero-order valence-corrected chi connectivity index (χ0v) is 11.7. The number of rotatable bonds is 5. The van der Waals surface area contributed by atoms with Crippen molar-refractivity contribution in [2.45, 2.75) is 32.2 Å². The van der Waals surface area contributed by atoms with Crippen LogP contribution in [0.15, 0.2) is 0 Å². The van der Waals surface area contributed by atoms with E-state index in [4.69, 9.17) is 5.73 Å². The van der Waals surface area contributed by atoms with Gasteiger partial charge in [0.2, 0.25) is 5.91 Å². The van der Waals surface area contributed by atoms with Gasteiger partial charge in [-0.3, -0.25) is 4.79 Å². The molecule has 1 rings (SSSR count). The maximum atomic E-state index is 11.9. The minimum atomic E-state index is 0. The van der Waals surface area contributed by atoms with Crippen molar-refractivity contribution in [1.82, 2.24) is 5.32 Å². The van der Waals surface area contributed by atoms with Crippen molar-refractivity contribution in [1.29, 1.82) is 0 Å². The summed E-state index contributed by atoms with van der Waals surface area (Å²) >= 11 is 1.76. The number of carbonyl (C=O) groups excluding carboxylic acids is 1. The van der Waals surface area contributed by atoms with Crippen LogP contribution in [-0.2, 0) is 4.79 Å². The van der Waals surface area contributed by atoms with E-state index in [1.165, 1.54) is 0 Å². The summed E-state index contributed by atoms with van der Waals surface area (Å²) in [6.07, 6.45) is 5.34. The molecule has 1 fully saturated rings. The summed E-state index contributed by atoms with van der Waals surface area (Å²) in [5.41, 5.74) is 5.67. The molecule has 1 unspecified atom stereocenters. The number of amides is 1. The Balaban J connectivity index is 0.00000225. The van der Waals surface area contributed by atoms with Gasteiger partial charge in [0.1, 0.15) is 0 Å². The molecular formula is C11H23ClN2OS. The molecule has 0 saturated heterocycles. The monoisotopic (exact) mass is 266 g/mol. The largest absolute Gasteiger partial charge is 0.353 e. The normalized spacial score (nSPS) is 25.9. The van der Waals surface area contributed by atoms with Crippen LogP contribution >= 0.6 is 24.2 Å². The third kappa shape index (κ3) is 4.52. The zero-order valence-electron chi connectivity index (χ0n) is 10.1. The van der Waals surface area contributed by atoms with E-state index in [1.54, 1.807) is 11.8 Å². The lowest BCUT2D eigenvalue weighted by Gasteiger charge is -2.20. The Kier molecular flexibility index (Phi) is 8.24. The molecule has 5 heteroatoms. The van der Waals surface area contributed by atoms with E-state index < -0.39 is 0 Å². The summed E-state index contributed by atoms with van der Waals surface area (Å²) in [7, 11) is 0. The van der Waals surface area contributed by atoms with Gasteiger partial charge >= 0.3 is 0 Å². The molecule has 0 aliphatic heterocycles. The van der Waals surface area contributed by atoms with Crippen molar-refractivity contribution in [2.75, 3.05) is 18.6 Å². The lowest BCUT2D eigenvalue weighted by atomic mass is 9.95. The molecule has 0 aromatic carbocycles. The predicted octanol–water partition coefficient (Wildman–Crippen LogP) is 1.65. The Hall–Kier alpha value is 0.0700. The van der Waals surface area contributed by atoms with Crippen LogP contribution in [0.5, 0.6) is 0 Å². The fraction of sp³-hybridized carbons (Fsp3) is 0.909. The van der Waals surface area contributed by atoms with Crippen molar-refractivity contribution in [3.05, 3.63) is 0 Å². The van der Waals surface area contributed by atoms with Crippen LogP contribution in [0.25, 0.3) is 0 Å². The van der Waals surface area contributed by atoms with Crippen LogP contribution < -0.4 is 11.1 Å². The highest BCUT2D eigenvalue weighted by atomic mass is 35.5. The smallest absolute Gasteiger partial charge is 0.223 e. The molecule has 0 heterocycles. The molecule has 96 valence electrons. The first-order valence-electron chi connectivity index (χ1n) is 5.68. The van der Waals surface area contributed by atoms with Crippen molar-refractivity contribution in [2.24, 2.45) is 17.6 Å². The van der Waals surface area contributed by atoms with Crippen LogP contribution in [0.1, 0.15) is 26.2 Å². The summed E-state index contributed by atoms with van der Waals surface area (Å²) in [5.74, 6) is 1.77. The molecule has 3 nitrogen and oxygen atoms in total. The van der Waals surface area contributed by atoms with Gasteiger partial charge in [0, 0.05) is 17.7 Å². The number of thioether (sulfide) groups is 1. The molecule has 1 aliphatic rings. The van der Waals surface area contributed by atoms with Crippen LogP contribution in [-0.4, -0.2) is 30.5 Å². The number of nitrogens with two attached hydrogens (primary N) is 1. The second-order valence-electron chi connectivity index (χ2n) is 4.40. The van der Waals surface area contributed by atoms with E-state index in [-0.39, 0.29) is 30.3 Å². The molecule has 1 aliphatic carbocycles. The fourth-order valence-electron chi connectivity index (χ4n) is 2.31. The van der Waals surface area contributed by atoms with Crippen molar-refractivity contribution in [3.8, 4) is 0 Å². The standard InChI is InChI=1S/C11H22N2OS.ClH/c1-8(7-15-2)13-11(14)10-5-3-4-9(10)6-12;/h8-10H,3-7,12H2,1-2H3,(H,13,14);1H/t8?,9-,10-;/m1./s1. The molecule has 0 radical (unpaired) electrons. The van der Waals surface area contributed by atoms with Gasteiger partial charge in [-0.1, -0.05) is 6.42 Å². The topological polar surface area (TPSA) is 55.1 Å². The maximum Gasteiger partial charge on any atom is 0.223 e. The van der Waals surface area contributed by atoms with Gasteiger partial charge in [-0.25, -0.2) is 0 Å². The highest BCUT2D eigenvalue weighted by molar-refractivity contribution is 7.98. The average Bonchev–Trinajstić information content (AvgIpc) is 2.65. The SMILES string of the molecule is CSCC(C)NC(=O)[C@@H]1CCC[C@@H]1CN.Cl. The van der Waals surface area contributed by atoms with Gasteiger partial charge in [-0.05, 0) is 38.5 Å². The summed E-state index contributed by atoms with van der Waals surface area (Å²) < 4.78 is 0. The Morgan fingerprint density at radius 1 is 1.56 bits per heavy atom. The van der Waals surface area contributed by atoms with Crippen molar-refractivity contribution >= 4 is 30.1 Å². The third-order valence-electron chi connectivity index (χ3n) is 3.10. The van der Waals surface area contributed by atoms with Gasteiger partial charge in [0.15, 0.2) is 0 Å². The second-order valence-corrected chi connectivity index (χ2v) is 5.31.